The molecule has 0 radical (unpaired) electrons. The van der Waals surface area contributed by atoms with Gasteiger partial charge in [-0.3, -0.25) is 9.69 Å². The molecule has 0 saturated heterocycles. The number of rotatable bonds is 8. The number of halogens is 2. The van der Waals surface area contributed by atoms with Crippen LogP contribution in [0.4, 0.5) is 4.39 Å². The highest BCUT2D eigenvalue weighted by molar-refractivity contribution is 9.10. The minimum absolute atomic E-state index is 0.0709. The maximum absolute atomic E-state index is 12.8. The predicted octanol–water partition coefficient (Wildman–Crippen LogP) is 3.53. The number of hydrogen-bond donors (Lipinski definition) is 1. The van der Waals surface area contributed by atoms with Crippen molar-refractivity contribution < 1.29 is 28.1 Å². The van der Waals surface area contributed by atoms with Crippen LogP contribution in [0.2, 0.25) is 0 Å². The topological polar surface area (TPSA) is 69.3 Å². The van der Waals surface area contributed by atoms with Gasteiger partial charge in [0.2, 0.25) is 6.86 Å². The minimum Gasteiger partial charge on any atom is -0.493 e. The summed E-state index contributed by atoms with van der Waals surface area (Å²) in [4.78, 5) is 14.9. The van der Waals surface area contributed by atoms with Crippen molar-refractivity contribution in [1.82, 2.24) is 10.2 Å². The fourth-order valence-corrected chi connectivity index (χ4v) is 3.88. The van der Waals surface area contributed by atoms with Crippen molar-refractivity contribution in [2.45, 2.75) is 13.0 Å². The summed E-state index contributed by atoms with van der Waals surface area (Å²) in [5, 5.41) is 2.88. The summed E-state index contributed by atoms with van der Waals surface area (Å²) in [7, 11) is 4.66. The number of fused-ring (bicyclic) bond motifs is 1. The Balaban J connectivity index is 1.71. The first-order valence-corrected chi connectivity index (χ1v) is 10.1. The molecule has 0 unspecified atom stereocenters. The maximum Gasteiger partial charge on any atom is 0.256 e. The van der Waals surface area contributed by atoms with Crippen LogP contribution >= 0.6 is 15.9 Å². The van der Waals surface area contributed by atoms with Gasteiger partial charge >= 0.3 is 0 Å². The number of alkyl halides is 1. The largest absolute Gasteiger partial charge is 0.493 e. The van der Waals surface area contributed by atoms with E-state index < -0.39 is 6.86 Å². The first-order valence-electron chi connectivity index (χ1n) is 9.31. The van der Waals surface area contributed by atoms with Crippen molar-refractivity contribution in [1.29, 1.82) is 0 Å². The van der Waals surface area contributed by atoms with Crippen LogP contribution in [-0.4, -0.2) is 52.2 Å². The molecule has 2 aromatic rings. The lowest BCUT2D eigenvalue weighted by atomic mass is 9.99. The fourth-order valence-electron chi connectivity index (χ4n) is 3.45. The van der Waals surface area contributed by atoms with Crippen LogP contribution in [0.15, 0.2) is 28.7 Å². The Hall–Kier alpha value is -2.52. The van der Waals surface area contributed by atoms with Crippen LogP contribution in [0, 0.1) is 0 Å². The Kier molecular flexibility index (Phi) is 7.38. The highest BCUT2D eigenvalue weighted by atomic mass is 79.9. The van der Waals surface area contributed by atoms with Gasteiger partial charge in [-0.25, -0.2) is 4.39 Å². The highest BCUT2D eigenvalue weighted by Gasteiger charge is 2.22. The Labute approximate surface area is 183 Å². The Morgan fingerprint density at radius 3 is 2.37 bits per heavy atom. The summed E-state index contributed by atoms with van der Waals surface area (Å²) < 4.78 is 34.4. The number of nitrogens with one attached hydrogen (secondary N) is 1. The van der Waals surface area contributed by atoms with E-state index in [2.05, 4.69) is 26.1 Å². The van der Waals surface area contributed by atoms with E-state index >= 15 is 0 Å². The fraction of sp³-hybridized carbons (Fsp3) is 0.381. The third-order valence-corrected chi connectivity index (χ3v) is 5.40. The number of amides is 1. The van der Waals surface area contributed by atoms with Crippen molar-refractivity contribution >= 4 is 21.8 Å². The van der Waals surface area contributed by atoms with Crippen LogP contribution in [0.1, 0.15) is 21.5 Å². The van der Waals surface area contributed by atoms with Crippen molar-refractivity contribution in [3.8, 4) is 23.0 Å². The predicted molar refractivity (Wildman–Crippen MR) is 113 cm³/mol. The molecule has 2 aromatic carbocycles. The van der Waals surface area contributed by atoms with E-state index in [0.717, 1.165) is 18.5 Å². The molecule has 1 aliphatic heterocycles. The van der Waals surface area contributed by atoms with Crippen LogP contribution in [0.5, 0.6) is 23.0 Å². The first kappa shape index (κ1) is 22.2. The molecular formula is C21H24BrFN2O5. The molecule has 1 heterocycles. The Morgan fingerprint density at radius 2 is 1.73 bits per heavy atom. The standard InChI is InChI=1S/C21H24BrFN2O5/c1-27-17-6-13-4-5-25(10-14(13)7-18(17)28-2)12-24-21(26)16-8-15(22)9-19(29-3)20(16)30-11-23/h6-9H,4-5,10-12H2,1-3H3,(H,24,26). The summed E-state index contributed by atoms with van der Waals surface area (Å²) in [6.45, 7) is 0.701. The second-order valence-electron chi connectivity index (χ2n) is 6.68. The molecule has 0 saturated carbocycles. The number of carbonyl (C=O) groups excluding carboxylic acids is 1. The lowest BCUT2D eigenvalue weighted by molar-refractivity contribution is 0.0908. The third-order valence-electron chi connectivity index (χ3n) is 4.94. The summed E-state index contributed by atoms with van der Waals surface area (Å²) in [6, 6.07) is 7.16. The molecule has 0 spiro atoms. The lowest BCUT2D eigenvalue weighted by Crippen LogP contribution is -2.40. The monoisotopic (exact) mass is 482 g/mol. The zero-order chi connectivity index (χ0) is 21.7. The van der Waals surface area contributed by atoms with Crippen molar-refractivity contribution in [3.05, 3.63) is 45.4 Å². The minimum atomic E-state index is -1.06. The molecule has 7 nitrogen and oxygen atoms in total. The van der Waals surface area contributed by atoms with Gasteiger partial charge in [0.1, 0.15) is 0 Å². The van der Waals surface area contributed by atoms with Gasteiger partial charge in [-0.2, -0.15) is 0 Å². The summed E-state index contributed by atoms with van der Waals surface area (Å²) in [5.74, 6) is 1.36. The van der Waals surface area contributed by atoms with E-state index in [1.807, 2.05) is 12.1 Å². The summed E-state index contributed by atoms with van der Waals surface area (Å²) >= 11 is 3.34. The zero-order valence-corrected chi connectivity index (χ0v) is 18.7. The Bertz CT molecular complexity index is 925. The van der Waals surface area contributed by atoms with Gasteiger partial charge in [-0.15, -0.1) is 0 Å². The smallest absolute Gasteiger partial charge is 0.256 e. The van der Waals surface area contributed by atoms with Crippen LogP contribution in [-0.2, 0) is 13.0 Å². The number of methoxy groups -OCH3 is 3. The molecule has 162 valence electrons. The van der Waals surface area contributed by atoms with E-state index in [4.69, 9.17) is 18.9 Å². The van der Waals surface area contributed by atoms with E-state index in [1.165, 1.54) is 12.7 Å². The van der Waals surface area contributed by atoms with E-state index in [-0.39, 0.29) is 23.0 Å². The van der Waals surface area contributed by atoms with E-state index in [9.17, 15) is 9.18 Å². The molecular weight excluding hydrogens is 459 g/mol. The van der Waals surface area contributed by atoms with Crippen LogP contribution in [0.25, 0.3) is 0 Å². The second kappa shape index (κ2) is 9.99. The van der Waals surface area contributed by atoms with Crippen LogP contribution < -0.4 is 24.3 Å². The highest BCUT2D eigenvalue weighted by Crippen LogP contribution is 2.35. The quantitative estimate of drug-likeness (QED) is 0.620. The molecule has 0 atom stereocenters. The summed E-state index contributed by atoms with van der Waals surface area (Å²) in [5.41, 5.74) is 2.52. The van der Waals surface area contributed by atoms with Gasteiger partial charge < -0.3 is 24.3 Å². The number of carbonyl (C=O) groups is 1. The SMILES string of the molecule is COc1cc2c(cc1OC)CN(CNC(=O)c1cc(Br)cc(OC)c1OCF)CC2. The molecule has 30 heavy (non-hydrogen) atoms. The van der Waals surface area contributed by atoms with Gasteiger partial charge in [0.25, 0.3) is 5.91 Å². The molecule has 0 bridgehead atoms. The molecule has 1 N–H and O–H groups in total. The molecule has 0 aliphatic carbocycles. The zero-order valence-electron chi connectivity index (χ0n) is 17.1. The molecule has 1 aliphatic rings. The molecule has 3 rings (SSSR count). The van der Waals surface area contributed by atoms with Gasteiger partial charge in [0.05, 0.1) is 33.6 Å². The van der Waals surface area contributed by atoms with Gasteiger partial charge in [0, 0.05) is 17.6 Å². The normalized spacial score (nSPS) is 13.4. The molecule has 0 fully saturated rings. The van der Waals surface area contributed by atoms with Gasteiger partial charge in [-0.1, -0.05) is 15.9 Å². The number of ether oxygens (including phenoxy) is 4. The average Bonchev–Trinajstić information content (AvgIpc) is 2.77. The van der Waals surface area contributed by atoms with Crippen molar-refractivity contribution in [2.75, 3.05) is 41.4 Å². The van der Waals surface area contributed by atoms with Gasteiger partial charge in [0.15, 0.2) is 23.0 Å². The lowest BCUT2D eigenvalue weighted by Gasteiger charge is -2.29. The average molecular weight is 483 g/mol. The molecule has 1 amide bonds. The van der Waals surface area contributed by atoms with Crippen molar-refractivity contribution in [3.63, 3.8) is 0 Å². The van der Waals surface area contributed by atoms with Crippen LogP contribution in [0.3, 0.4) is 0 Å². The van der Waals surface area contributed by atoms with Crippen molar-refractivity contribution in [2.24, 2.45) is 0 Å². The van der Waals surface area contributed by atoms with E-state index in [0.29, 0.717) is 29.2 Å². The summed E-state index contributed by atoms with van der Waals surface area (Å²) in [6.07, 6.45) is 0.826. The second-order valence-corrected chi connectivity index (χ2v) is 7.60. The van der Waals surface area contributed by atoms with Gasteiger partial charge in [-0.05, 0) is 41.8 Å². The number of benzene rings is 2. The first-order chi connectivity index (χ1) is 14.5. The van der Waals surface area contributed by atoms with E-state index in [1.54, 1.807) is 26.4 Å². The maximum atomic E-state index is 12.8. The Morgan fingerprint density at radius 1 is 1.07 bits per heavy atom. The third kappa shape index (κ3) is 4.79. The number of nitrogens with zero attached hydrogens (tertiary/aromatic N) is 1. The number of hydrogen-bond acceptors (Lipinski definition) is 6. The molecule has 0 aromatic heterocycles. The molecule has 9 heteroatoms.